The Morgan fingerprint density at radius 3 is 2.62 bits per heavy atom. The second-order valence-corrected chi connectivity index (χ2v) is 7.29. The molecule has 2 N–H and O–H groups in total. The smallest absolute Gasteiger partial charge is 0.334 e. The minimum Gasteiger partial charge on any atom is -0.479 e. The van der Waals surface area contributed by atoms with Gasteiger partial charge in [-0.25, -0.2) is 13.2 Å². The van der Waals surface area contributed by atoms with Gasteiger partial charge in [0.2, 0.25) is 15.9 Å². The van der Waals surface area contributed by atoms with Crippen LogP contribution >= 0.6 is 0 Å². The highest BCUT2D eigenvalue weighted by atomic mass is 32.2. The number of amides is 1. The number of ether oxygens (including phenoxy) is 1. The molecule has 2 unspecified atom stereocenters. The van der Waals surface area contributed by atoms with Gasteiger partial charge in [0.15, 0.2) is 6.10 Å². The molecule has 0 bridgehead atoms. The van der Waals surface area contributed by atoms with Crippen LogP contribution in [-0.4, -0.2) is 62.1 Å². The third-order valence-electron chi connectivity index (χ3n) is 3.88. The number of carboxylic acids is 1. The Morgan fingerprint density at radius 1 is 1.38 bits per heavy atom. The number of carbonyl (C=O) groups excluding carboxylic acids is 1. The molecule has 1 aliphatic heterocycles. The molecular weight excluding hydrogens is 336 g/mol. The largest absolute Gasteiger partial charge is 0.479 e. The van der Waals surface area contributed by atoms with Crippen LogP contribution in [-0.2, 0) is 24.3 Å². The van der Waals surface area contributed by atoms with Crippen LogP contribution in [0.5, 0.6) is 0 Å². The van der Waals surface area contributed by atoms with Crippen molar-refractivity contribution in [1.82, 2.24) is 9.62 Å². The van der Waals surface area contributed by atoms with Gasteiger partial charge in [-0.3, -0.25) is 4.79 Å². The molecule has 1 heterocycles. The lowest BCUT2D eigenvalue weighted by Crippen LogP contribution is -2.48. The van der Waals surface area contributed by atoms with Crippen molar-refractivity contribution in [2.45, 2.75) is 29.9 Å². The van der Waals surface area contributed by atoms with E-state index in [9.17, 15) is 18.0 Å². The molecule has 8 nitrogen and oxygen atoms in total. The van der Waals surface area contributed by atoms with E-state index < -0.39 is 34.0 Å². The first kappa shape index (κ1) is 18.4. The van der Waals surface area contributed by atoms with Crippen molar-refractivity contribution in [3.8, 4) is 0 Å². The summed E-state index contributed by atoms with van der Waals surface area (Å²) in [5.74, 6) is -1.71. The molecule has 0 aromatic heterocycles. The van der Waals surface area contributed by atoms with Crippen LogP contribution in [0.1, 0.15) is 12.8 Å². The van der Waals surface area contributed by atoms with Gasteiger partial charge in [-0.15, -0.1) is 0 Å². The van der Waals surface area contributed by atoms with Crippen molar-refractivity contribution in [3.63, 3.8) is 0 Å². The van der Waals surface area contributed by atoms with E-state index in [4.69, 9.17) is 9.84 Å². The number of rotatable bonds is 7. The summed E-state index contributed by atoms with van der Waals surface area (Å²) >= 11 is 0. The average Bonchev–Trinajstić information content (AvgIpc) is 3.06. The normalized spacial score (nSPS) is 19.8. The molecule has 132 valence electrons. The molecule has 2 rings (SSSR count). The van der Waals surface area contributed by atoms with Gasteiger partial charge in [-0.05, 0) is 25.0 Å². The summed E-state index contributed by atoms with van der Waals surface area (Å²) in [5.41, 5.74) is 0. The maximum Gasteiger partial charge on any atom is 0.334 e. The van der Waals surface area contributed by atoms with E-state index in [-0.39, 0.29) is 18.0 Å². The number of methoxy groups -OCH3 is 1. The van der Waals surface area contributed by atoms with Crippen LogP contribution < -0.4 is 5.32 Å². The predicted octanol–water partition coefficient (Wildman–Crippen LogP) is 0.0555. The average molecular weight is 356 g/mol. The Hall–Kier alpha value is -1.97. The zero-order valence-electron chi connectivity index (χ0n) is 13.2. The number of hydrogen-bond donors (Lipinski definition) is 2. The van der Waals surface area contributed by atoms with Crippen LogP contribution in [0, 0.1) is 0 Å². The van der Waals surface area contributed by atoms with Gasteiger partial charge < -0.3 is 15.2 Å². The molecule has 1 aliphatic rings. The Labute approximate surface area is 140 Å². The fourth-order valence-electron chi connectivity index (χ4n) is 2.60. The zero-order chi connectivity index (χ0) is 17.7. The molecule has 1 aromatic rings. The topological polar surface area (TPSA) is 113 Å². The monoisotopic (exact) mass is 356 g/mol. The molecule has 1 fully saturated rings. The highest BCUT2D eigenvalue weighted by Crippen LogP contribution is 2.26. The lowest BCUT2D eigenvalue weighted by atomic mass is 10.2. The fraction of sp³-hybridized carbons (Fsp3) is 0.467. The first-order valence-electron chi connectivity index (χ1n) is 7.48. The van der Waals surface area contributed by atoms with Crippen molar-refractivity contribution in [2.75, 3.05) is 20.2 Å². The molecule has 9 heteroatoms. The molecular formula is C15H20N2O6S. The summed E-state index contributed by atoms with van der Waals surface area (Å²) in [5, 5.41) is 11.4. The minimum absolute atomic E-state index is 0.130. The van der Waals surface area contributed by atoms with Gasteiger partial charge in [0.25, 0.3) is 0 Å². The highest BCUT2D eigenvalue weighted by Gasteiger charge is 2.39. The van der Waals surface area contributed by atoms with Gasteiger partial charge >= 0.3 is 5.97 Å². The van der Waals surface area contributed by atoms with E-state index in [1.807, 2.05) is 0 Å². The zero-order valence-corrected chi connectivity index (χ0v) is 14.0. The molecule has 24 heavy (non-hydrogen) atoms. The van der Waals surface area contributed by atoms with E-state index in [0.717, 1.165) is 0 Å². The van der Waals surface area contributed by atoms with Gasteiger partial charge in [-0.2, -0.15) is 4.31 Å². The molecule has 0 spiro atoms. The van der Waals surface area contributed by atoms with Crippen LogP contribution in [0.15, 0.2) is 35.2 Å². The number of carbonyl (C=O) groups is 2. The Balaban J connectivity index is 2.10. The maximum atomic E-state index is 12.7. The summed E-state index contributed by atoms with van der Waals surface area (Å²) < 4.78 is 31.3. The second-order valence-electron chi connectivity index (χ2n) is 5.39. The van der Waals surface area contributed by atoms with Gasteiger partial charge in [0, 0.05) is 13.7 Å². The van der Waals surface area contributed by atoms with Crippen LogP contribution in [0.3, 0.4) is 0 Å². The van der Waals surface area contributed by atoms with E-state index in [1.54, 1.807) is 18.2 Å². The molecule has 1 saturated heterocycles. The van der Waals surface area contributed by atoms with Crippen molar-refractivity contribution >= 4 is 21.9 Å². The van der Waals surface area contributed by atoms with E-state index >= 15 is 0 Å². The molecule has 2 atom stereocenters. The van der Waals surface area contributed by atoms with Crippen molar-refractivity contribution < 1.29 is 27.9 Å². The van der Waals surface area contributed by atoms with Gasteiger partial charge in [0.1, 0.15) is 6.04 Å². The summed E-state index contributed by atoms with van der Waals surface area (Å²) in [7, 11) is -2.54. The molecule has 0 aliphatic carbocycles. The molecule has 0 radical (unpaired) electrons. The molecule has 1 amide bonds. The third-order valence-corrected chi connectivity index (χ3v) is 5.80. The van der Waals surface area contributed by atoms with Gasteiger partial charge in [-0.1, -0.05) is 18.2 Å². The highest BCUT2D eigenvalue weighted by molar-refractivity contribution is 7.89. The number of nitrogens with zero attached hydrogens (tertiary/aromatic N) is 1. The summed E-state index contributed by atoms with van der Waals surface area (Å²) in [6.07, 6.45) is -0.214. The minimum atomic E-state index is -3.77. The van der Waals surface area contributed by atoms with Crippen LogP contribution in [0.2, 0.25) is 0 Å². The van der Waals surface area contributed by atoms with E-state index in [0.29, 0.717) is 12.8 Å². The molecule has 0 saturated carbocycles. The van der Waals surface area contributed by atoms with Crippen LogP contribution in [0.4, 0.5) is 0 Å². The van der Waals surface area contributed by atoms with Gasteiger partial charge in [0.05, 0.1) is 11.4 Å². The third kappa shape index (κ3) is 3.92. The Kier molecular flexibility index (Phi) is 5.92. The first-order valence-corrected chi connectivity index (χ1v) is 8.92. The van der Waals surface area contributed by atoms with Crippen LogP contribution in [0.25, 0.3) is 0 Å². The van der Waals surface area contributed by atoms with Crippen molar-refractivity contribution in [2.24, 2.45) is 0 Å². The van der Waals surface area contributed by atoms with E-state index in [1.165, 1.54) is 23.5 Å². The quantitative estimate of drug-likeness (QED) is 0.714. The number of benzene rings is 1. The Morgan fingerprint density at radius 2 is 2.04 bits per heavy atom. The van der Waals surface area contributed by atoms with Crippen molar-refractivity contribution in [1.29, 1.82) is 0 Å². The summed E-state index contributed by atoms with van der Waals surface area (Å²) in [6, 6.07) is 7.07. The number of carboxylic acid groups (broad SMARTS) is 1. The number of hydrogen-bond acceptors (Lipinski definition) is 5. The van der Waals surface area contributed by atoms with E-state index in [2.05, 4.69) is 5.32 Å². The van der Waals surface area contributed by atoms with Crippen molar-refractivity contribution in [3.05, 3.63) is 30.3 Å². The Bertz CT molecular complexity index is 691. The maximum absolute atomic E-state index is 12.7. The molecule has 1 aromatic carbocycles. The summed E-state index contributed by atoms with van der Waals surface area (Å²) in [4.78, 5) is 23.3. The lowest BCUT2D eigenvalue weighted by Gasteiger charge is -2.24. The second kappa shape index (κ2) is 7.73. The number of sulfonamides is 1. The lowest BCUT2D eigenvalue weighted by molar-refractivity contribution is -0.148. The SMILES string of the molecule is COC(CNC(=O)C1CCCN1S(=O)(=O)c1ccccc1)C(=O)O. The predicted molar refractivity (Wildman–Crippen MR) is 84.8 cm³/mol. The first-order chi connectivity index (χ1) is 11.4. The standard InChI is InChI=1S/C15H20N2O6S/c1-23-13(15(19)20)10-16-14(18)12-8-5-9-17(12)24(21,22)11-6-3-2-4-7-11/h2-4,6-7,12-13H,5,8-10H2,1H3,(H,16,18)(H,19,20). The number of nitrogens with one attached hydrogen (secondary N) is 1. The fourth-order valence-corrected chi connectivity index (χ4v) is 4.28. The number of aliphatic carboxylic acids is 1. The summed E-state index contributed by atoms with van der Waals surface area (Å²) in [6.45, 7) is 0.0301.